The van der Waals surface area contributed by atoms with Crippen LogP contribution >= 0.6 is 0 Å². The maximum absolute atomic E-state index is 13.0. The minimum Gasteiger partial charge on any atom is -0.456 e. The summed E-state index contributed by atoms with van der Waals surface area (Å²) in [5, 5.41) is 0. The van der Waals surface area contributed by atoms with E-state index in [0.29, 0.717) is 5.56 Å². The summed E-state index contributed by atoms with van der Waals surface area (Å²) in [4.78, 5) is 12.7. The van der Waals surface area contributed by atoms with Gasteiger partial charge in [0.1, 0.15) is 23.0 Å². The van der Waals surface area contributed by atoms with E-state index in [0.717, 1.165) is 24.3 Å². The lowest BCUT2D eigenvalue weighted by atomic mass is 9.77. The van der Waals surface area contributed by atoms with Gasteiger partial charge in [-0.2, -0.15) is 16.8 Å². The maximum Gasteiger partial charge on any atom is 0.488 e. The Morgan fingerprint density at radius 1 is 0.727 bits per heavy atom. The van der Waals surface area contributed by atoms with E-state index in [1.165, 1.54) is 12.1 Å². The van der Waals surface area contributed by atoms with Crippen molar-refractivity contribution >= 4 is 27.0 Å². The van der Waals surface area contributed by atoms with Crippen LogP contribution in [0.1, 0.15) is 27.0 Å². The second-order valence-electron chi connectivity index (χ2n) is 6.99. The van der Waals surface area contributed by atoms with Crippen molar-refractivity contribution in [2.45, 2.75) is 5.60 Å². The van der Waals surface area contributed by atoms with Crippen molar-refractivity contribution in [1.82, 2.24) is 0 Å². The van der Waals surface area contributed by atoms with E-state index in [1.54, 1.807) is 24.3 Å². The molecule has 1 spiro atoms. The van der Waals surface area contributed by atoms with Gasteiger partial charge >= 0.3 is 27.0 Å². The van der Waals surface area contributed by atoms with Crippen LogP contribution in [-0.4, -0.2) is 22.8 Å². The zero-order valence-corrected chi connectivity index (χ0v) is 17.7. The van der Waals surface area contributed by atoms with Crippen LogP contribution in [0.4, 0.5) is 7.77 Å². The van der Waals surface area contributed by atoms with Gasteiger partial charge in [0.15, 0.2) is 5.60 Å². The van der Waals surface area contributed by atoms with Crippen molar-refractivity contribution in [1.29, 1.82) is 0 Å². The van der Waals surface area contributed by atoms with Crippen LogP contribution in [0, 0.1) is 0 Å². The standard InChI is InChI=1S/C20H10F2O9S2/c21-32(24,25)30-11-5-7-15-17(9-11)28-18-10-12(31-33(22,26)27)6-8-16(18)20(15)14-4-2-1-3-13(14)19(23)29-20/h1-10H. The summed E-state index contributed by atoms with van der Waals surface area (Å²) in [5.41, 5.74) is -0.419. The highest BCUT2D eigenvalue weighted by Gasteiger charge is 2.53. The molecule has 13 heteroatoms. The molecule has 3 aromatic carbocycles. The van der Waals surface area contributed by atoms with E-state index >= 15 is 0 Å². The highest BCUT2D eigenvalue weighted by molar-refractivity contribution is 7.82. The molecule has 0 fully saturated rings. The lowest BCUT2D eigenvalue weighted by Crippen LogP contribution is -2.33. The summed E-state index contributed by atoms with van der Waals surface area (Å²) in [6.45, 7) is 0. The fraction of sp³-hybridized carbons (Fsp3) is 0.0500. The molecule has 3 aromatic rings. The lowest BCUT2D eigenvalue weighted by molar-refractivity contribution is 0.0224. The quantitative estimate of drug-likeness (QED) is 0.395. The predicted octanol–water partition coefficient (Wildman–Crippen LogP) is 3.44. The van der Waals surface area contributed by atoms with E-state index < -0.39 is 44.1 Å². The number of ether oxygens (including phenoxy) is 2. The summed E-state index contributed by atoms with van der Waals surface area (Å²) < 4.78 is 89.7. The van der Waals surface area contributed by atoms with Crippen LogP contribution in [0.25, 0.3) is 0 Å². The molecule has 2 aliphatic rings. The van der Waals surface area contributed by atoms with Gasteiger partial charge in [-0.3, -0.25) is 0 Å². The number of rotatable bonds is 4. The van der Waals surface area contributed by atoms with E-state index in [9.17, 15) is 29.4 Å². The molecule has 2 heterocycles. The molecule has 0 aliphatic carbocycles. The zero-order chi connectivity index (χ0) is 23.6. The predicted molar refractivity (Wildman–Crippen MR) is 106 cm³/mol. The third kappa shape index (κ3) is 3.54. The van der Waals surface area contributed by atoms with Crippen molar-refractivity contribution in [2.75, 3.05) is 0 Å². The van der Waals surface area contributed by atoms with Crippen molar-refractivity contribution < 1.29 is 47.2 Å². The van der Waals surface area contributed by atoms with E-state index in [4.69, 9.17) is 9.47 Å². The highest BCUT2D eigenvalue weighted by atomic mass is 32.3. The van der Waals surface area contributed by atoms with Gasteiger partial charge in [0.25, 0.3) is 0 Å². The third-order valence-corrected chi connectivity index (χ3v) is 5.83. The van der Waals surface area contributed by atoms with Crippen molar-refractivity contribution in [3.05, 3.63) is 82.9 Å². The number of carbonyl (C=O) groups is 1. The van der Waals surface area contributed by atoms with Crippen LogP contribution in [0.3, 0.4) is 0 Å². The highest BCUT2D eigenvalue weighted by Crippen LogP contribution is 2.57. The summed E-state index contributed by atoms with van der Waals surface area (Å²) in [6, 6.07) is 13.5. The van der Waals surface area contributed by atoms with E-state index in [-0.39, 0.29) is 28.2 Å². The monoisotopic (exact) mass is 496 g/mol. The molecule has 0 radical (unpaired) electrons. The Balaban J connectivity index is 1.76. The van der Waals surface area contributed by atoms with Gasteiger partial charge in [-0.05, 0) is 30.3 Å². The number of halogens is 2. The minimum absolute atomic E-state index is 0.0894. The van der Waals surface area contributed by atoms with Gasteiger partial charge < -0.3 is 17.8 Å². The average molecular weight is 496 g/mol. The molecule has 0 amide bonds. The van der Waals surface area contributed by atoms with Crippen molar-refractivity contribution in [3.8, 4) is 23.0 Å². The fourth-order valence-corrected chi connectivity index (χ4v) is 4.64. The summed E-state index contributed by atoms with van der Waals surface area (Å²) in [5.74, 6) is -1.72. The maximum atomic E-state index is 13.0. The number of esters is 1. The van der Waals surface area contributed by atoms with Gasteiger partial charge in [0.05, 0.1) is 5.56 Å². The first-order valence-electron chi connectivity index (χ1n) is 9.04. The van der Waals surface area contributed by atoms with Gasteiger partial charge in [0.2, 0.25) is 0 Å². The Kier molecular flexibility index (Phi) is 4.42. The Morgan fingerprint density at radius 3 is 1.76 bits per heavy atom. The topological polar surface area (TPSA) is 122 Å². The second-order valence-corrected chi connectivity index (χ2v) is 8.89. The Hall–Kier alpha value is -3.71. The summed E-state index contributed by atoms with van der Waals surface area (Å²) in [7, 11) is -10.7. The Labute approximate surface area is 185 Å². The van der Waals surface area contributed by atoms with Crippen LogP contribution < -0.4 is 13.1 Å². The molecule has 0 atom stereocenters. The van der Waals surface area contributed by atoms with Crippen LogP contribution in [-0.2, 0) is 31.3 Å². The molecule has 0 saturated heterocycles. The van der Waals surface area contributed by atoms with Crippen LogP contribution in [0.15, 0.2) is 60.7 Å². The fourth-order valence-electron chi connectivity index (χ4n) is 3.97. The lowest BCUT2D eigenvalue weighted by Gasteiger charge is -2.36. The van der Waals surface area contributed by atoms with Gasteiger partial charge in [-0.15, -0.1) is 0 Å². The first kappa shape index (κ1) is 21.2. The van der Waals surface area contributed by atoms with Crippen LogP contribution in [0.2, 0.25) is 0 Å². The number of fused-ring (bicyclic) bond motifs is 6. The normalized spacial score (nSPS) is 15.6. The molecule has 0 unspecified atom stereocenters. The zero-order valence-electron chi connectivity index (χ0n) is 16.0. The van der Waals surface area contributed by atoms with Gasteiger partial charge in [-0.25, -0.2) is 4.79 Å². The van der Waals surface area contributed by atoms with Gasteiger partial charge in [-0.1, -0.05) is 26.0 Å². The third-order valence-electron chi connectivity index (χ3n) is 5.05. The average Bonchev–Trinajstić information content (AvgIpc) is 2.99. The molecule has 5 rings (SSSR count). The second kappa shape index (κ2) is 6.89. The molecule has 0 aromatic heterocycles. The SMILES string of the molecule is O=C1OC2(c3ccc(OS(=O)(=O)F)cc3Oc3cc(OS(=O)(=O)F)ccc32)c2ccccc21. The Morgan fingerprint density at radius 2 is 1.24 bits per heavy atom. The van der Waals surface area contributed by atoms with Crippen molar-refractivity contribution in [2.24, 2.45) is 0 Å². The Bertz CT molecular complexity index is 1470. The van der Waals surface area contributed by atoms with Crippen molar-refractivity contribution in [3.63, 3.8) is 0 Å². The number of hydrogen-bond acceptors (Lipinski definition) is 9. The van der Waals surface area contributed by atoms with Crippen LogP contribution in [0.5, 0.6) is 23.0 Å². The molecular weight excluding hydrogens is 486 g/mol. The molecule has 0 saturated carbocycles. The minimum atomic E-state index is -5.35. The molecular formula is C20H10F2O9S2. The smallest absolute Gasteiger partial charge is 0.456 e. The summed E-state index contributed by atoms with van der Waals surface area (Å²) >= 11 is 0. The largest absolute Gasteiger partial charge is 0.488 e. The molecule has 33 heavy (non-hydrogen) atoms. The van der Waals surface area contributed by atoms with Gasteiger partial charge in [0, 0.05) is 28.8 Å². The number of benzene rings is 3. The summed E-state index contributed by atoms with van der Waals surface area (Å²) in [6.07, 6.45) is 0. The molecule has 2 aliphatic heterocycles. The number of carbonyl (C=O) groups excluding carboxylic acids is 1. The molecule has 0 bridgehead atoms. The molecule has 9 nitrogen and oxygen atoms in total. The first-order valence-corrected chi connectivity index (χ1v) is 11.7. The van der Waals surface area contributed by atoms with E-state index in [1.807, 2.05) is 0 Å². The van der Waals surface area contributed by atoms with E-state index in [2.05, 4.69) is 8.37 Å². The molecule has 0 N–H and O–H groups in total. The first-order chi connectivity index (χ1) is 15.5. The molecule has 170 valence electrons. The number of hydrogen-bond donors (Lipinski definition) is 0.